The van der Waals surface area contributed by atoms with Gasteiger partial charge in [-0.2, -0.15) is 0 Å². The molecule has 1 aromatic rings. The lowest BCUT2D eigenvalue weighted by Gasteiger charge is -2.19. The topological polar surface area (TPSA) is 12.0 Å². The molecule has 0 heterocycles. The molecule has 4 atom stereocenters. The molecular formula is C17H25N. The number of nitrogens with one attached hydrogen (secondary N) is 1. The second kappa shape index (κ2) is 5.44. The molecule has 1 heteroatoms. The van der Waals surface area contributed by atoms with Crippen LogP contribution in [-0.4, -0.2) is 13.1 Å². The summed E-state index contributed by atoms with van der Waals surface area (Å²) in [6.45, 7) is 0. The Morgan fingerprint density at radius 1 is 1.00 bits per heavy atom. The zero-order chi connectivity index (χ0) is 12.4. The van der Waals surface area contributed by atoms with Crippen LogP contribution in [0.2, 0.25) is 0 Å². The van der Waals surface area contributed by atoms with Crippen LogP contribution >= 0.6 is 0 Å². The van der Waals surface area contributed by atoms with Crippen molar-refractivity contribution in [1.29, 1.82) is 0 Å². The molecule has 2 saturated carbocycles. The molecule has 2 aliphatic rings. The van der Waals surface area contributed by atoms with Crippen molar-refractivity contribution in [1.82, 2.24) is 5.32 Å². The van der Waals surface area contributed by atoms with Gasteiger partial charge < -0.3 is 5.32 Å². The molecule has 98 valence electrons. The van der Waals surface area contributed by atoms with Gasteiger partial charge in [0.05, 0.1) is 0 Å². The molecule has 0 spiro atoms. The Morgan fingerprint density at radius 2 is 1.78 bits per heavy atom. The van der Waals surface area contributed by atoms with Gasteiger partial charge in [-0.05, 0) is 49.6 Å². The standard InChI is InChI=1S/C17H25N/c1-18-15-10-6-5-9-14(11-15)17-12-16(17)13-7-3-2-4-8-13/h2-4,7-8,14-18H,5-6,9-12H2,1H3. The Balaban J connectivity index is 1.63. The van der Waals surface area contributed by atoms with E-state index in [4.69, 9.17) is 0 Å². The number of hydrogen-bond acceptors (Lipinski definition) is 1. The lowest BCUT2D eigenvalue weighted by molar-refractivity contribution is 0.359. The van der Waals surface area contributed by atoms with Crippen LogP contribution in [0.4, 0.5) is 0 Å². The van der Waals surface area contributed by atoms with Gasteiger partial charge in [0.2, 0.25) is 0 Å². The maximum atomic E-state index is 3.51. The van der Waals surface area contributed by atoms with Gasteiger partial charge in [-0.15, -0.1) is 0 Å². The molecule has 1 N–H and O–H groups in total. The van der Waals surface area contributed by atoms with E-state index in [0.717, 1.165) is 23.8 Å². The summed E-state index contributed by atoms with van der Waals surface area (Å²) in [4.78, 5) is 0. The highest BCUT2D eigenvalue weighted by atomic mass is 14.9. The van der Waals surface area contributed by atoms with E-state index in [9.17, 15) is 0 Å². The number of hydrogen-bond donors (Lipinski definition) is 1. The Morgan fingerprint density at radius 3 is 2.56 bits per heavy atom. The van der Waals surface area contributed by atoms with Gasteiger partial charge in [-0.1, -0.05) is 49.6 Å². The molecule has 0 radical (unpaired) electrons. The van der Waals surface area contributed by atoms with E-state index in [0.29, 0.717) is 0 Å². The molecule has 0 bridgehead atoms. The summed E-state index contributed by atoms with van der Waals surface area (Å²) in [5.74, 6) is 2.81. The summed E-state index contributed by atoms with van der Waals surface area (Å²) in [6, 6.07) is 11.9. The first kappa shape index (κ1) is 12.2. The van der Waals surface area contributed by atoms with Gasteiger partial charge in [0.25, 0.3) is 0 Å². The second-order valence-corrected chi connectivity index (χ2v) is 6.18. The van der Waals surface area contributed by atoms with E-state index >= 15 is 0 Å². The van der Waals surface area contributed by atoms with Gasteiger partial charge in [-0.25, -0.2) is 0 Å². The fourth-order valence-corrected chi connectivity index (χ4v) is 3.87. The third-order valence-corrected chi connectivity index (χ3v) is 5.05. The van der Waals surface area contributed by atoms with Gasteiger partial charge in [0.1, 0.15) is 0 Å². The highest BCUT2D eigenvalue weighted by molar-refractivity contribution is 5.26. The van der Waals surface area contributed by atoms with E-state index in [-0.39, 0.29) is 0 Å². The average Bonchev–Trinajstić information content (AvgIpc) is 3.23. The average molecular weight is 243 g/mol. The van der Waals surface area contributed by atoms with Crippen LogP contribution in [0.5, 0.6) is 0 Å². The molecular weight excluding hydrogens is 218 g/mol. The van der Waals surface area contributed by atoms with Crippen molar-refractivity contribution < 1.29 is 0 Å². The highest BCUT2D eigenvalue weighted by Crippen LogP contribution is 2.54. The fraction of sp³-hybridized carbons (Fsp3) is 0.647. The Hall–Kier alpha value is -0.820. The maximum absolute atomic E-state index is 3.51. The lowest BCUT2D eigenvalue weighted by Crippen LogP contribution is -2.26. The molecule has 0 aromatic heterocycles. The first-order valence-electron chi connectivity index (χ1n) is 7.60. The Labute approximate surface area is 111 Å². The monoisotopic (exact) mass is 243 g/mol. The molecule has 1 nitrogen and oxygen atoms in total. The molecule has 1 aromatic carbocycles. The predicted octanol–water partition coefficient (Wildman–Crippen LogP) is 3.96. The minimum absolute atomic E-state index is 0.773. The minimum atomic E-state index is 0.773. The second-order valence-electron chi connectivity index (χ2n) is 6.18. The third-order valence-electron chi connectivity index (χ3n) is 5.05. The van der Waals surface area contributed by atoms with E-state index in [1.165, 1.54) is 38.5 Å². The number of benzene rings is 1. The van der Waals surface area contributed by atoms with Crippen LogP contribution in [0.25, 0.3) is 0 Å². The van der Waals surface area contributed by atoms with Crippen LogP contribution in [0.3, 0.4) is 0 Å². The number of rotatable bonds is 3. The summed E-state index contributed by atoms with van der Waals surface area (Å²) >= 11 is 0. The molecule has 2 fully saturated rings. The minimum Gasteiger partial charge on any atom is -0.317 e. The Kier molecular flexibility index (Phi) is 3.69. The lowest BCUT2D eigenvalue weighted by atomic mass is 9.91. The molecule has 0 saturated heterocycles. The first-order chi connectivity index (χ1) is 8.88. The van der Waals surface area contributed by atoms with Crippen molar-refractivity contribution in [3.05, 3.63) is 35.9 Å². The molecule has 0 amide bonds. The summed E-state index contributed by atoms with van der Waals surface area (Å²) in [7, 11) is 2.13. The van der Waals surface area contributed by atoms with Gasteiger partial charge >= 0.3 is 0 Å². The van der Waals surface area contributed by atoms with Crippen LogP contribution in [0, 0.1) is 11.8 Å². The van der Waals surface area contributed by atoms with E-state index in [2.05, 4.69) is 42.7 Å². The highest BCUT2D eigenvalue weighted by Gasteiger charge is 2.44. The summed E-state index contributed by atoms with van der Waals surface area (Å²) in [5, 5.41) is 3.51. The van der Waals surface area contributed by atoms with Crippen molar-refractivity contribution in [2.24, 2.45) is 11.8 Å². The molecule has 4 unspecified atom stereocenters. The first-order valence-corrected chi connectivity index (χ1v) is 7.60. The van der Waals surface area contributed by atoms with Gasteiger partial charge in [-0.3, -0.25) is 0 Å². The van der Waals surface area contributed by atoms with Gasteiger partial charge in [0, 0.05) is 6.04 Å². The van der Waals surface area contributed by atoms with Crippen molar-refractivity contribution in [2.75, 3.05) is 7.05 Å². The van der Waals surface area contributed by atoms with E-state index in [1.54, 1.807) is 5.56 Å². The van der Waals surface area contributed by atoms with Crippen LogP contribution in [0.15, 0.2) is 30.3 Å². The molecule has 0 aliphatic heterocycles. The van der Waals surface area contributed by atoms with Crippen LogP contribution in [-0.2, 0) is 0 Å². The summed E-state index contributed by atoms with van der Waals surface area (Å²) in [6.07, 6.45) is 8.56. The van der Waals surface area contributed by atoms with E-state index < -0.39 is 0 Å². The summed E-state index contributed by atoms with van der Waals surface area (Å²) < 4.78 is 0. The smallest absolute Gasteiger partial charge is 0.00668 e. The van der Waals surface area contributed by atoms with Crippen molar-refractivity contribution in [3.63, 3.8) is 0 Å². The Bertz CT molecular complexity index is 372. The normalized spacial score (nSPS) is 36.1. The van der Waals surface area contributed by atoms with E-state index in [1.807, 2.05) is 0 Å². The van der Waals surface area contributed by atoms with Crippen LogP contribution < -0.4 is 5.32 Å². The van der Waals surface area contributed by atoms with Crippen molar-refractivity contribution >= 4 is 0 Å². The SMILES string of the molecule is CNC1CCCCC(C2CC2c2ccccc2)C1. The van der Waals surface area contributed by atoms with Crippen molar-refractivity contribution in [3.8, 4) is 0 Å². The zero-order valence-corrected chi connectivity index (χ0v) is 11.4. The van der Waals surface area contributed by atoms with Crippen molar-refractivity contribution in [2.45, 2.75) is 50.5 Å². The zero-order valence-electron chi connectivity index (χ0n) is 11.4. The predicted molar refractivity (Wildman–Crippen MR) is 76.7 cm³/mol. The maximum Gasteiger partial charge on any atom is 0.00668 e. The quantitative estimate of drug-likeness (QED) is 0.792. The fourth-order valence-electron chi connectivity index (χ4n) is 3.87. The van der Waals surface area contributed by atoms with Crippen LogP contribution in [0.1, 0.15) is 50.0 Å². The van der Waals surface area contributed by atoms with Gasteiger partial charge in [0.15, 0.2) is 0 Å². The largest absolute Gasteiger partial charge is 0.317 e. The molecule has 3 rings (SSSR count). The third kappa shape index (κ3) is 2.61. The molecule has 18 heavy (non-hydrogen) atoms. The molecule has 2 aliphatic carbocycles. The summed E-state index contributed by atoms with van der Waals surface area (Å²) in [5.41, 5.74) is 1.58.